The molecule has 25 heavy (non-hydrogen) atoms. The summed E-state index contributed by atoms with van der Waals surface area (Å²) in [4.78, 5) is 16.5. The second kappa shape index (κ2) is 7.58. The third-order valence-electron chi connectivity index (χ3n) is 4.27. The van der Waals surface area contributed by atoms with Gasteiger partial charge in [-0.05, 0) is 58.7 Å². The highest BCUT2D eigenvalue weighted by molar-refractivity contribution is 9.10. The van der Waals surface area contributed by atoms with Gasteiger partial charge >= 0.3 is 6.03 Å². The fourth-order valence-electron chi connectivity index (χ4n) is 2.86. The predicted octanol–water partition coefficient (Wildman–Crippen LogP) is 3.98. The Bertz CT molecular complexity index is 822. The van der Waals surface area contributed by atoms with Gasteiger partial charge in [-0.3, -0.25) is 0 Å². The summed E-state index contributed by atoms with van der Waals surface area (Å²) >= 11 is 3.49. The van der Waals surface area contributed by atoms with Crippen LogP contribution in [-0.4, -0.2) is 37.1 Å². The zero-order chi connectivity index (χ0) is 17.8. The highest BCUT2D eigenvalue weighted by atomic mass is 79.9. The molecule has 1 fully saturated rings. The Balaban J connectivity index is 1.60. The van der Waals surface area contributed by atoms with E-state index in [0.717, 1.165) is 34.5 Å². The number of anilines is 2. The van der Waals surface area contributed by atoms with Gasteiger partial charge in [-0.1, -0.05) is 12.1 Å². The summed E-state index contributed by atoms with van der Waals surface area (Å²) in [7, 11) is 0. The number of aryl methyl sites for hydroxylation is 1. The molecule has 2 aromatic rings. The van der Waals surface area contributed by atoms with Crippen LogP contribution in [0.2, 0.25) is 0 Å². The first kappa shape index (κ1) is 17.3. The van der Waals surface area contributed by atoms with Gasteiger partial charge in [0, 0.05) is 36.3 Å². The van der Waals surface area contributed by atoms with Gasteiger partial charge in [0.1, 0.15) is 0 Å². The minimum Gasteiger partial charge on any atom is -0.368 e. The first-order chi connectivity index (χ1) is 12.1. The maximum Gasteiger partial charge on any atom is 0.321 e. The number of nitriles is 1. The van der Waals surface area contributed by atoms with Gasteiger partial charge < -0.3 is 15.1 Å². The van der Waals surface area contributed by atoms with Crippen molar-refractivity contribution in [1.29, 1.82) is 5.26 Å². The molecule has 0 aromatic heterocycles. The molecule has 0 atom stereocenters. The minimum atomic E-state index is -0.0880. The number of carbonyl (C=O) groups is 1. The second-order valence-electron chi connectivity index (χ2n) is 6.05. The van der Waals surface area contributed by atoms with Crippen molar-refractivity contribution in [2.24, 2.45) is 0 Å². The zero-order valence-corrected chi connectivity index (χ0v) is 15.6. The van der Waals surface area contributed by atoms with Crippen LogP contribution in [-0.2, 0) is 0 Å². The van der Waals surface area contributed by atoms with Crippen molar-refractivity contribution in [3.8, 4) is 6.07 Å². The molecular weight excluding hydrogens is 380 g/mol. The Hall–Kier alpha value is -2.52. The third-order valence-corrected chi connectivity index (χ3v) is 4.93. The van der Waals surface area contributed by atoms with Gasteiger partial charge in [0.15, 0.2) is 0 Å². The van der Waals surface area contributed by atoms with E-state index in [1.165, 1.54) is 0 Å². The Morgan fingerprint density at radius 3 is 2.60 bits per heavy atom. The van der Waals surface area contributed by atoms with Crippen LogP contribution >= 0.6 is 15.9 Å². The summed E-state index contributed by atoms with van der Waals surface area (Å²) in [5.41, 5.74) is 3.60. The average molecular weight is 399 g/mol. The molecule has 1 saturated heterocycles. The number of nitrogens with one attached hydrogen (secondary N) is 1. The normalized spacial score (nSPS) is 14.1. The molecule has 2 aromatic carbocycles. The van der Waals surface area contributed by atoms with Crippen molar-refractivity contribution in [2.45, 2.75) is 6.92 Å². The van der Waals surface area contributed by atoms with Crippen molar-refractivity contribution >= 4 is 33.3 Å². The third kappa shape index (κ3) is 4.12. The van der Waals surface area contributed by atoms with Crippen LogP contribution in [0.25, 0.3) is 0 Å². The van der Waals surface area contributed by atoms with E-state index < -0.39 is 0 Å². The molecule has 0 spiro atoms. The Kier molecular flexibility index (Phi) is 5.25. The minimum absolute atomic E-state index is 0.0880. The van der Waals surface area contributed by atoms with Gasteiger partial charge in [-0.2, -0.15) is 5.26 Å². The lowest BCUT2D eigenvalue weighted by Gasteiger charge is -2.36. The first-order valence-corrected chi connectivity index (χ1v) is 8.93. The second-order valence-corrected chi connectivity index (χ2v) is 6.90. The standard InChI is InChI=1S/C19H19BrN4O/c1-14-5-6-18(17(20)11-14)22-19(25)24-9-7-23(8-10-24)16-4-2-3-15(12-16)13-21/h2-6,11-12H,7-10H2,1H3,(H,22,25). The van der Waals surface area contributed by atoms with Crippen molar-refractivity contribution in [2.75, 3.05) is 36.4 Å². The van der Waals surface area contributed by atoms with E-state index in [1.54, 1.807) is 6.07 Å². The smallest absolute Gasteiger partial charge is 0.321 e. The molecular formula is C19H19BrN4O. The molecule has 0 radical (unpaired) electrons. The van der Waals surface area contributed by atoms with Gasteiger partial charge in [-0.25, -0.2) is 4.79 Å². The highest BCUT2D eigenvalue weighted by Gasteiger charge is 2.22. The number of carbonyl (C=O) groups excluding carboxylic acids is 1. The Labute approximate surface area is 156 Å². The van der Waals surface area contributed by atoms with Gasteiger partial charge in [0.05, 0.1) is 17.3 Å². The van der Waals surface area contributed by atoms with Crippen LogP contribution in [0.15, 0.2) is 46.9 Å². The van der Waals surface area contributed by atoms with E-state index >= 15 is 0 Å². The lowest BCUT2D eigenvalue weighted by Crippen LogP contribution is -2.50. The van der Waals surface area contributed by atoms with Crippen LogP contribution in [0.1, 0.15) is 11.1 Å². The number of nitrogens with zero attached hydrogens (tertiary/aromatic N) is 3. The molecule has 0 saturated carbocycles. The van der Waals surface area contributed by atoms with Crippen molar-refractivity contribution < 1.29 is 4.79 Å². The summed E-state index contributed by atoms with van der Waals surface area (Å²) in [5.74, 6) is 0. The number of hydrogen-bond acceptors (Lipinski definition) is 3. The van der Waals surface area contributed by atoms with E-state index in [9.17, 15) is 4.79 Å². The van der Waals surface area contributed by atoms with E-state index in [0.29, 0.717) is 18.7 Å². The summed E-state index contributed by atoms with van der Waals surface area (Å²) < 4.78 is 0.882. The molecule has 5 nitrogen and oxygen atoms in total. The summed E-state index contributed by atoms with van der Waals surface area (Å²) in [6.07, 6.45) is 0. The molecule has 3 rings (SSSR count). The molecule has 128 valence electrons. The highest BCUT2D eigenvalue weighted by Crippen LogP contribution is 2.24. The molecule has 1 aliphatic heterocycles. The fourth-order valence-corrected chi connectivity index (χ4v) is 3.45. The quantitative estimate of drug-likeness (QED) is 0.831. The van der Waals surface area contributed by atoms with E-state index in [-0.39, 0.29) is 6.03 Å². The van der Waals surface area contributed by atoms with Crippen molar-refractivity contribution in [3.05, 3.63) is 58.1 Å². The largest absolute Gasteiger partial charge is 0.368 e. The van der Waals surface area contributed by atoms with Crippen LogP contribution < -0.4 is 10.2 Å². The van der Waals surface area contributed by atoms with Crippen molar-refractivity contribution in [3.63, 3.8) is 0 Å². The van der Waals surface area contributed by atoms with Crippen LogP contribution in [0, 0.1) is 18.3 Å². The van der Waals surface area contributed by atoms with Gasteiger partial charge in [0.2, 0.25) is 0 Å². The first-order valence-electron chi connectivity index (χ1n) is 8.14. The number of hydrogen-bond donors (Lipinski definition) is 1. The Morgan fingerprint density at radius 2 is 1.92 bits per heavy atom. The van der Waals surface area contributed by atoms with E-state index in [4.69, 9.17) is 5.26 Å². The molecule has 6 heteroatoms. The van der Waals surface area contributed by atoms with E-state index in [2.05, 4.69) is 32.2 Å². The van der Waals surface area contributed by atoms with Crippen LogP contribution in [0.5, 0.6) is 0 Å². The molecule has 2 amide bonds. The number of benzene rings is 2. The summed E-state index contributed by atoms with van der Waals surface area (Å²) in [6, 6.07) is 15.5. The number of halogens is 1. The number of rotatable bonds is 2. The van der Waals surface area contributed by atoms with Crippen LogP contribution in [0.3, 0.4) is 0 Å². The predicted molar refractivity (Wildman–Crippen MR) is 103 cm³/mol. The molecule has 1 heterocycles. The molecule has 0 aliphatic carbocycles. The maximum absolute atomic E-state index is 12.5. The van der Waals surface area contributed by atoms with Gasteiger partial charge in [-0.15, -0.1) is 0 Å². The number of piperazine rings is 1. The molecule has 1 aliphatic rings. The summed E-state index contributed by atoms with van der Waals surface area (Å²) in [6.45, 7) is 4.80. The lowest BCUT2D eigenvalue weighted by atomic mass is 10.2. The topological polar surface area (TPSA) is 59.4 Å². The molecule has 1 N–H and O–H groups in total. The SMILES string of the molecule is Cc1ccc(NC(=O)N2CCN(c3cccc(C#N)c3)CC2)c(Br)c1. The van der Waals surface area contributed by atoms with Crippen molar-refractivity contribution in [1.82, 2.24) is 4.90 Å². The Morgan fingerprint density at radius 1 is 1.16 bits per heavy atom. The fraction of sp³-hybridized carbons (Fsp3) is 0.263. The number of urea groups is 1. The van der Waals surface area contributed by atoms with Gasteiger partial charge in [0.25, 0.3) is 0 Å². The maximum atomic E-state index is 12.5. The molecule has 0 bridgehead atoms. The monoisotopic (exact) mass is 398 g/mol. The number of amides is 2. The van der Waals surface area contributed by atoms with Crippen LogP contribution in [0.4, 0.5) is 16.2 Å². The summed E-state index contributed by atoms with van der Waals surface area (Å²) in [5, 5.41) is 12.0. The average Bonchev–Trinajstić information content (AvgIpc) is 2.64. The molecule has 0 unspecified atom stereocenters. The zero-order valence-electron chi connectivity index (χ0n) is 14.0. The van der Waals surface area contributed by atoms with E-state index in [1.807, 2.05) is 48.2 Å². The lowest BCUT2D eigenvalue weighted by molar-refractivity contribution is 0.208.